The predicted molar refractivity (Wildman–Crippen MR) is 188 cm³/mol. The van der Waals surface area contributed by atoms with Crippen LogP contribution in [0.4, 0.5) is 4.79 Å². The first-order valence-electron chi connectivity index (χ1n) is 18.8. The zero-order chi connectivity index (χ0) is 34.5. The van der Waals surface area contributed by atoms with Crippen molar-refractivity contribution in [2.75, 3.05) is 13.2 Å². The highest BCUT2D eigenvalue weighted by Crippen LogP contribution is 2.68. The Balaban J connectivity index is 0.903. The third kappa shape index (κ3) is 6.06. The summed E-state index contributed by atoms with van der Waals surface area (Å²) in [5.41, 5.74) is 4.65. The highest BCUT2D eigenvalue weighted by atomic mass is 16.5. The molecule has 5 aliphatic rings. The van der Waals surface area contributed by atoms with E-state index < -0.39 is 12.1 Å². The van der Waals surface area contributed by atoms with Gasteiger partial charge in [0.25, 0.3) is 0 Å². The molecule has 0 saturated heterocycles. The number of fused-ring (bicyclic) bond motifs is 8. The molecule has 264 valence electrons. The Hall–Kier alpha value is -3.39. The lowest BCUT2D eigenvalue weighted by Crippen LogP contribution is -2.59. The van der Waals surface area contributed by atoms with Crippen molar-refractivity contribution in [1.82, 2.24) is 10.6 Å². The molecule has 5 aliphatic carbocycles. The van der Waals surface area contributed by atoms with Crippen molar-refractivity contribution in [3.63, 3.8) is 0 Å². The van der Waals surface area contributed by atoms with Gasteiger partial charge >= 0.3 is 12.1 Å². The molecule has 0 radical (unpaired) electrons. The lowest BCUT2D eigenvalue weighted by Gasteiger charge is -2.62. The number of amides is 2. The normalized spacial score (nSPS) is 35.1. The van der Waals surface area contributed by atoms with Gasteiger partial charge in [-0.3, -0.25) is 9.59 Å². The van der Waals surface area contributed by atoms with Gasteiger partial charge in [0, 0.05) is 18.4 Å². The van der Waals surface area contributed by atoms with Crippen LogP contribution in [0.1, 0.15) is 102 Å². The van der Waals surface area contributed by atoms with Gasteiger partial charge in [-0.2, -0.15) is 0 Å². The van der Waals surface area contributed by atoms with Gasteiger partial charge in [-0.05, 0) is 126 Å². The van der Waals surface area contributed by atoms with Gasteiger partial charge in [-0.1, -0.05) is 69.3 Å². The maximum atomic E-state index is 13.0. The van der Waals surface area contributed by atoms with E-state index in [-0.39, 0.29) is 54.4 Å². The summed E-state index contributed by atoms with van der Waals surface area (Å²) in [6.45, 7) is 7.05. The first kappa shape index (κ1) is 34.1. The molecule has 49 heavy (non-hydrogen) atoms. The molecular formula is C41H54N2O6. The first-order valence-corrected chi connectivity index (χ1v) is 18.8. The number of carboxylic acids is 1. The van der Waals surface area contributed by atoms with Crippen LogP contribution in [0, 0.1) is 46.3 Å². The molecule has 0 aliphatic heterocycles. The number of carbonyl (C=O) groups excluding carboxylic acids is 2. The molecule has 4 unspecified atom stereocenters. The minimum atomic E-state index is -0.735. The molecule has 8 nitrogen and oxygen atoms in total. The Bertz CT molecular complexity index is 1530. The van der Waals surface area contributed by atoms with Gasteiger partial charge in [0.2, 0.25) is 5.91 Å². The van der Waals surface area contributed by atoms with Gasteiger partial charge in [-0.15, -0.1) is 0 Å². The van der Waals surface area contributed by atoms with Crippen molar-refractivity contribution in [1.29, 1.82) is 0 Å². The van der Waals surface area contributed by atoms with Crippen molar-refractivity contribution in [3.05, 3.63) is 59.7 Å². The number of nitrogens with one attached hydrogen (secondary N) is 2. The van der Waals surface area contributed by atoms with Gasteiger partial charge in [-0.25, -0.2) is 4.79 Å². The SMILES string of the molecule is CC(CCC(=O)O)[C@H]1CCC2C3CC[C@@H]4C[C@@H](NC(=O)CNC(=O)OCC5c6ccccc6-c6ccccc65)CC[C@]4(C)C3C[C@H](O)[C@@]21C. The molecule has 2 aromatic carbocycles. The topological polar surface area (TPSA) is 125 Å². The van der Waals surface area contributed by atoms with E-state index in [1.54, 1.807) is 0 Å². The molecule has 0 aromatic heterocycles. The summed E-state index contributed by atoms with van der Waals surface area (Å²) in [5.74, 6) is 1.75. The molecule has 7 rings (SSSR count). The second-order valence-corrected chi connectivity index (χ2v) is 16.6. The molecule has 4 N–H and O–H groups in total. The fourth-order valence-corrected chi connectivity index (χ4v) is 11.9. The summed E-state index contributed by atoms with van der Waals surface area (Å²) in [6, 6.07) is 16.5. The van der Waals surface area contributed by atoms with Crippen LogP contribution < -0.4 is 10.6 Å². The summed E-state index contributed by atoms with van der Waals surface area (Å²) in [6.07, 6.45) is 8.14. The minimum absolute atomic E-state index is 0.0277. The predicted octanol–water partition coefficient (Wildman–Crippen LogP) is 7.14. The zero-order valence-electron chi connectivity index (χ0n) is 29.3. The van der Waals surface area contributed by atoms with E-state index in [1.165, 1.54) is 11.1 Å². The second kappa shape index (κ2) is 13.4. The molecular weight excluding hydrogens is 616 g/mol. The van der Waals surface area contributed by atoms with Gasteiger partial charge < -0.3 is 25.6 Å². The third-order valence-electron chi connectivity index (χ3n) is 14.4. The summed E-state index contributed by atoms with van der Waals surface area (Å²) >= 11 is 0. The minimum Gasteiger partial charge on any atom is -0.481 e. The monoisotopic (exact) mass is 670 g/mol. The van der Waals surface area contributed by atoms with Crippen molar-refractivity contribution >= 4 is 18.0 Å². The number of aliphatic hydroxyl groups excluding tert-OH is 1. The number of rotatable bonds is 9. The number of benzene rings is 2. The third-order valence-corrected chi connectivity index (χ3v) is 14.4. The molecule has 4 fully saturated rings. The number of aliphatic hydroxyl groups is 1. The van der Waals surface area contributed by atoms with Crippen molar-refractivity contribution < 1.29 is 29.3 Å². The van der Waals surface area contributed by atoms with Crippen LogP contribution in [-0.2, 0) is 14.3 Å². The van der Waals surface area contributed by atoms with Gasteiger partial charge in [0.15, 0.2) is 0 Å². The Kier molecular flexibility index (Phi) is 9.31. The summed E-state index contributed by atoms with van der Waals surface area (Å²) in [5, 5.41) is 27.0. The molecule has 0 bridgehead atoms. The number of hydrogen-bond donors (Lipinski definition) is 4. The van der Waals surface area contributed by atoms with E-state index in [2.05, 4.69) is 55.7 Å². The second-order valence-electron chi connectivity index (χ2n) is 16.6. The molecule has 0 spiro atoms. The Morgan fingerprint density at radius 3 is 2.31 bits per heavy atom. The highest BCUT2D eigenvalue weighted by molar-refractivity contribution is 5.82. The average molecular weight is 671 g/mol. The summed E-state index contributed by atoms with van der Waals surface area (Å²) < 4.78 is 5.63. The highest BCUT2D eigenvalue weighted by Gasteiger charge is 2.63. The first-order chi connectivity index (χ1) is 23.5. The van der Waals surface area contributed by atoms with E-state index in [1.807, 2.05) is 24.3 Å². The van der Waals surface area contributed by atoms with Crippen LogP contribution in [0.3, 0.4) is 0 Å². The summed E-state index contributed by atoms with van der Waals surface area (Å²) in [7, 11) is 0. The molecule has 2 amide bonds. The smallest absolute Gasteiger partial charge is 0.407 e. The number of alkyl carbamates (subject to hydrolysis) is 1. The van der Waals surface area contributed by atoms with E-state index in [0.29, 0.717) is 41.9 Å². The van der Waals surface area contributed by atoms with Crippen LogP contribution in [0.25, 0.3) is 11.1 Å². The Morgan fingerprint density at radius 2 is 1.61 bits per heavy atom. The van der Waals surface area contributed by atoms with Gasteiger partial charge in [0.05, 0.1) is 6.10 Å². The molecule has 0 heterocycles. The van der Waals surface area contributed by atoms with Crippen LogP contribution in [0.2, 0.25) is 0 Å². The van der Waals surface area contributed by atoms with E-state index in [9.17, 15) is 24.6 Å². The van der Waals surface area contributed by atoms with E-state index >= 15 is 0 Å². The molecule has 10 atom stereocenters. The van der Waals surface area contributed by atoms with Crippen molar-refractivity contribution in [3.8, 4) is 11.1 Å². The number of ether oxygens (including phenoxy) is 1. The largest absolute Gasteiger partial charge is 0.481 e. The van der Waals surface area contributed by atoms with Gasteiger partial charge in [0.1, 0.15) is 13.2 Å². The lowest BCUT2D eigenvalue weighted by molar-refractivity contribution is -0.170. The summed E-state index contributed by atoms with van der Waals surface area (Å²) in [4.78, 5) is 36.9. The number of hydrogen-bond acceptors (Lipinski definition) is 5. The number of carboxylic acid groups (broad SMARTS) is 1. The van der Waals surface area contributed by atoms with Crippen molar-refractivity contribution in [2.24, 2.45) is 46.3 Å². The maximum Gasteiger partial charge on any atom is 0.407 e. The Labute approximate surface area is 290 Å². The van der Waals surface area contributed by atoms with Crippen molar-refractivity contribution in [2.45, 2.75) is 103 Å². The fourth-order valence-electron chi connectivity index (χ4n) is 11.9. The number of carbonyl (C=O) groups is 3. The van der Waals surface area contributed by atoms with E-state index in [4.69, 9.17) is 4.74 Å². The maximum absolute atomic E-state index is 13.0. The molecule has 4 saturated carbocycles. The van der Waals surface area contributed by atoms with Crippen LogP contribution in [-0.4, -0.2) is 53.5 Å². The quantitative estimate of drug-likeness (QED) is 0.225. The molecule has 8 heteroatoms. The van der Waals surface area contributed by atoms with Crippen LogP contribution in [0.15, 0.2) is 48.5 Å². The standard InChI is InChI=1S/C41H54N2O6/c1-24(12-17-38(46)47)33-15-16-34-31-14-13-25-20-26(18-19-40(25,2)35(31)21-36(44)41(33,34)3)43-37(45)22-42-39(48)49-23-32-29-10-6-4-8-27(29)28-9-5-7-11-30(28)32/h4-11,24-26,31-36,44H,12-23H2,1-3H3,(H,42,48)(H,43,45)(H,46,47)/t24?,25-,26+,31?,33-,34?,35?,36+,40+,41-/m1/s1. The lowest BCUT2D eigenvalue weighted by atomic mass is 9.43. The van der Waals surface area contributed by atoms with Crippen LogP contribution in [0.5, 0.6) is 0 Å². The molecule has 2 aromatic rings. The number of aliphatic carboxylic acids is 1. The van der Waals surface area contributed by atoms with E-state index in [0.717, 1.165) is 62.5 Å². The fraction of sp³-hybridized carbons (Fsp3) is 0.634. The Morgan fingerprint density at radius 1 is 0.918 bits per heavy atom. The zero-order valence-corrected chi connectivity index (χ0v) is 29.3. The average Bonchev–Trinajstić information content (AvgIpc) is 3.62. The van der Waals surface area contributed by atoms with Crippen LogP contribution >= 0.6 is 0 Å².